The fraction of sp³-hybridized carbons (Fsp3) is 1.00. The van der Waals surface area contributed by atoms with Gasteiger partial charge in [0.25, 0.3) is 0 Å². The Labute approximate surface area is 111 Å². The van der Waals surface area contributed by atoms with Gasteiger partial charge in [-0.15, -0.1) is 0 Å². The molecule has 1 heterocycles. The van der Waals surface area contributed by atoms with E-state index in [1.165, 1.54) is 25.7 Å². The van der Waals surface area contributed by atoms with Gasteiger partial charge in [-0.3, -0.25) is 0 Å². The first-order valence-electron chi connectivity index (χ1n) is 7.90. The van der Waals surface area contributed by atoms with Crippen molar-refractivity contribution in [3.05, 3.63) is 0 Å². The van der Waals surface area contributed by atoms with Crippen LogP contribution in [0.25, 0.3) is 0 Å². The molecule has 0 amide bonds. The van der Waals surface area contributed by atoms with E-state index >= 15 is 0 Å². The largest absolute Gasteiger partial charge is 0.301 e. The van der Waals surface area contributed by atoms with Crippen molar-refractivity contribution in [2.45, 2.75) is 70.6 Å². The van der Waals surface area contributed by atoms with Crippen molar-refractivity contribution in [3.63, 3.8) is 0 Å². The van der Waals surface area contributed by atoms with Crippen LogP contribution in [0, 0.1) is 11.8 Å². The highest BCUT2D eigenvalue weighted by molar-refractivity contribution is 4.85. The number of unbranched alkanes of at least 4 members (excludes halogenated alkanes) is 2. The molecule has 1 saturated carbocycles. The van der Waals surface area contributed by atoms with Crippen LogP contribution in [-0.4, -0.2) is 25.4 Å². The average Bonchev–Trinajstić information content (AvgIpc) is 2.41. The second kappa shape index (κ2) is 7.44. The van der Waals surface area contributed by atoms with Crippen LogP contribution in [0.15, 0.2) is 0 Å². The zero-order chi connectivity index (χ0) is 12.8. The minimum Gasteiger partial charge on any atom is -0.301 e. The molecule has 1 aliphatic carbocycles. The van der Waals surface area contributed by atoms with E-state index in [0.717, 1.165) is 44.7 Å². The topological polar surface area (TPSA) is 24.1 Å². The summed E-state index contributed by atoms with van der Waals surface area (Å²) in [7, 11) is 0. The maximum Gasteiger partial charge on any atom is 0.100 e. The van der Waals surface area contributed by atoms with Gasteiger partial charge >= 0.3 is 0 Å². The molecule has 0 radical (unpaired) electrons. The van der Waals surface area contributed by atoms with Gasteiger partial charge in [0.1, 0.15) is 6.17 Å². The van der Waals surface area contributed by atoms with E-state index < -0.39 is 6.17 Å². The summed E-state index contributed by atoms with van der Waals surface area (Å²) >= 11 is 0. The van der Waals surface area contributed by atoms with Crippen molar-refractivity contribution >= 4 is 0 Å². The lowest BCUT2D eigenvalue weighted by Crippen LogP contribution is -2.56. The molecular formula is C15H29FN2. The molecule has 0 aromatic heterocycles. The molecule has 0 atom stereocenters. The summed E-state index contributed by atoms with van der Waals surface area (Å²) in [5.41, 5.74) is 0. The van der Waals surface area contributed by atoms with Gasteiger partial charge in [0.15, 0.2) is 0 Å². The first-order chi connectivity index (χ1) is 8.79. The zero-order valence-corrected chi connectivity index (χ0v) is 11.8. The molecule has 18 heavy (non-hydrogen) atoms. The number of alkyl halides is 1. The van der Waals surface area contributed by atoms with Gasteiger partial charge in [0.05, 0.1) is 6.17 Å². The van der Waals surface area contributed by atoms with Crippen molar-refractivity contribution in [1.82, 2.24) is 10.6 Å². The lowest BCUT2D eigenvalue weighted by molar-refractivity contribution is 0.141. The molecule has 106 valence electrons. The SMILES string of the molecule is CCCCCC1CNC(C2CCC(F)CC2)NC1. The molecule has 1 saturated heterocycles. The van der Waals surface area contributed by atoms with Crippen LogP contribution in [0.4, 0.5) is 4.39 Å². The van der Waals surface area contributed by atoms with Crippen LogP contribution in [-0.2, 0) is 0 Å². The van der Waals surface area contributed by atoms with Crippen LogP contribution in [0.2, 0.25) is 0 Å². The molecule has 0 unspecified atom stereocenters. The maximum absolute atomic E-state index is 13.1. The number of hydrogen-bond donors (Lipinski definition) is 2. The summed E-state index contributed by atoms with van der Waals surface area (Å²) in [6.45, 7) is 4.56. The smallest absolute Gasteiger partial charge is 0.100 e. The van der Waals surface area contributed by atoms with Gasteiger partial charge in [-0.05, 0) is 43.9 Å². The van der Waals surface area contributed by atoms with Crippen LogP contribution < -0.4 is 10.6 Å². The molecule has 0 bridgehead atoms. The Morgan fingerprint density at radius 1 is 1.00 bits per heavy atom. The van der Waals surface area contributed by atoms with Crippen molar-refractivity contribution in [2.24, 2.45) is 11.8 Å². The summed E-state index contributed by atoms with van der Waals surface area (Å²) in [6, 6.07) is 0. The third kappa shape index (κ3) is 4.20. The summed E-state index contributed by atoms with van der Waals surface area (Å²) in [5, 5.41) is 7.29. The van der Waals surface area contributed by atoms with Crippen molar-refractivity contribution < 1.29 is 4.39 Å². The van der Waals surface area contributed by atoms with Crippen molar-refractivity contribution in [1.29, 1.82) is 0 Å². The molecule has 2 N–H and O–H groups in total. The standard InChI is InChI=1S/C15H29FN2/c1-2-3-4-5-12-10-17-15(18-11-12)13-6-8-14(16)9-7-13/h12-15,17-18H,2-11H2,1H3. The average molecular weight is 256 g/mol. The summed E-state index contributed by atoms with van der Waals surface area (Å²) in [4.78, 5) is 0. The van der Waals surface area contributed by atoms with E-state index in [1.54, 1.807) is 0 Å². The molecule has 0 aromatic carbocycles. The first-order valence-corrected chi connectivity index (χ1v) is 7.90. The molecular weight excluding hydrogens is 227 g/mol. The van der Waals surface area contributed by atoms with Gasteiger partial charge in [-0.2, -0.15) is 0 Å². The first kappa shape index (κ1) is 14.3. The minimum absolute atomic E-state index is 0.444. The van der Waals surface area contributed by atoms with Crippen molar-refractivity contribution in [2.75, 3.05) is 13.1 Å². The third-order valence-corrected chi connectivity index (χ3v) is 4.64. The number of hydrogen-bond acceptors (Lipinski definition) is 2. The van der Waals surface area contributed by atoms with Gasteiger partial charge < -0.3 is 10.6 Å². The molecule has 0 spiro atoms. The highest BCUT2D eigenvalue weighted by Gasteiger charge is 2.29. The van der Waals surface area contributed by atoms with Gasteiger partial charge in [-0.25, -0.2) is 4.39 Å². The van der Waals surface area contributed by atoms with E-state index in [9.17, 15) is 4.39 Å². The van der Waals surface area contributed by atoms with Gasteiger partial charge in [0.2, 0.25) is 0 Å². The zero-order valence-electron chi connectivity index (χ0n) is 11.8. The van der Waals surface area contributed by atoms with Crippen molar-refractivity contribution in [3.8, 4) is 0 Å². The second-order valence-electron chi connectivity index (χ2n) is 6.17. The van der Waals surface area contributed by atoms with Gasteiger partial charge in [0, 0.05) is 13.1 Å². The molecule has 2 rings (SSSR count). The fourth-order valence-electron chi connectivity index (χ4n) is 3.36. The Bertz CT molecular complexity index is 219. The predicted octanol–water partition coefficient (Wildman–Crippen LogP) is 3.23. The van der Waals surface area contributed by atoms with Crippen LogP contribution in [0.3, 0.4) is 0 Å². The molecule has 2 nitrogen and oxygen atoms in total. The summed E-state index contributed by atoms with van der Waals surface area (Å²) < 4.78 is 13.1. The highest BCUT2D eigenvalue weighted by Crippen LogP contribution is 2.28. The summed E-state index contributed by atoms with van der Waals surface area (Å²) in [6.07, 6.45) is 8.92. The lowest BCUT2D eigenvalue weighted by Gasteiger charge is -2.38. The number of nitrogens with one attached hydrogen (secondary N) is 2. The summed E-state index contributed by atoms with van der Waals surface area (Å²) in [5.74, 6) is 1.44. The minimum atomic E-state index is -0.536. The second-order valence-corrected chi connectivity index (χ2v) is 6.17. The van der Waals surface area contributed by atoms with E-state index in [4.69, 9.17) is 0 Å². The van der Waals surface area contributed by atoms with Crippen LogP contribution >= 0.6 is 0 Å². The van der Waals surface area contributed by atoms with E-state index in [1.807, 2.05) is 0 Å². The number of halogens is 1. The van der Waals surface area contributed by atoms with Gasteiger partial charge in [-0.1, -0.05) is 26.2 Å². The van der Waals surface area contributed by atoms with E-state index in [-0.39, 0.29) is 0 Å². The number of rotatable bonds is 5. The quantitative estimate of drug-likeness (QED) is 0.738. The Hall–Kier alpha value is -0.150. The van der Waals surface area contributed by atoms with E-state index in [2.05, 4.69) is 17.6 Å². The predicted molar refractivity (Wildman–Crippen MR) is 74.3 cm³/mol. The fourth-order valence-corrected chi connectivity index (χ4v) is 3.36. The van der Waals surface area contributed by atoms with E-state index in [0.29, 0.717) is 12.1 Å². The Balaban J connectivity index is 1.63. The Morgan fingerprint density at radius 2 is 1.67 bits per heavy atom. The van der Waals surface area contributed by atoms with Crippen LogP contribution in [0.1, 0.15) is 58.3 Å². The lowest BCUT2D eigenvalue weighted by atomic mass is 9.84. The monoisotopic (exact) mass is 256 g/mol. The molecule has 2 aliphatic rings. The Morgan fingerprint density at radius 3 is 2.28 bits per heavy atom. The highest BCUT2D eigenvalue weighted by atomic mass is 19.1. The molecule has 2 fully saturated rings. The Kier molecular flexibility index (Phi) is 5.90. The molecule has 0 aromatic rings. The van der Waals surface area contributed by atoms with Crippen LogP contribution in [0.5, 0.6) is 0 Å². The normalized spacial score (nSPS) is 37.7. The maximum atomic E-state index is 13.1. The third-order valence-electron chi connectivity index (χ3n) is 4.64. The molecule has 1 aliphatic heterocycles. The molecule has 3 heteroatoms.